The molecule has 1 aliphatic heterocycles. The fourth-order valence-electron chi connectivity index (χ4n) is 3.63. The molecule has 2 fully saturated rings. The number of amides is 1. The number of fused-ring (bicyclic) bond motifs is 1. The first-order chi connectivity index (χ1) is 12.6. The molecule has 1 atom stereocenters. The highest BCUT2D eigenvalue weighted by Crippen LogP contribution is 2.29. The summed E-state index contributed by atoms with van der Waals surface area (Å²) in [5, 5.41) is 3.13. The SMILES string of the molecule is COc1ccc2nc(N3CCCC(C(=O)NCC4CC4)C3)c(C)nc2c1. The van der Waals surface area contributed by atoms with Gasteiger partial charge in [-0.25, -0.2) is 9.97 Å². The molecule has 1 N–H and O–H groups in total. The number of carbonyl (C=O) groups excluding carboxylic acids is 1. The Bertz CT molecular complexity index is 819. The lowest BCUT2D eigenvalue weighted by molar-refractivity contribution is -0.125. The minimum absolute atomic E-state index is 0.0373. The Balaban J connectivity index is 1.51. The molecular weight excluding hydrogens is 328 g/mol. The van der Waals surface area contributed by atoms with Gasteiger partial charge in [0.25, 0.3) is 0 Å². The summed E-state index contributed by atoms with van der Waals surface area (Å²) >= 11 is 0. The zero-order valence-corrected chi connectivity index (χ0v) is 15.5. The molecule has 2 aliphatic rings. The Labute approximate surface area is 154 Å². The molecule has 6 nitrogen and oxygen atoms in total. The average molecular weight is 354 g/mol. The van der Waals surface area contributed by atoms with Gasteiger partial charge in [-0.3, -0.25) is 4.79 Å². The summed E-state index contributed by atoms with van der Waals surface area (Å²) < 4.78 is 5.27. The van der Waals surface area contributed by atoms with Crippen LogP contribution in [0.3, 0.4) is 0 Å². The van der Waals surface area contributed by atoms with Crippen molar-refractivity contribution in [3.63, 3.8) is 0 Å². The molecule has 1 aliphatic carbocycles. The first kappa shape index (κ1) is 17.1. The maximum Gasteiger partial charge on any atom is 0.224 e. The van der Waals surface area contributed by atoms with Crippen LogP contribution >= 0.6 is 0 Å². The van der Waals surface area contributed by atoms with Crippen LogP contribution in [0.5, 0.6) is 5.75 Å². The van der Waals surface area contributed by atoms with Gasteiger partial charge in [0.1, 0.15) is 5.75 Å². The van der Waals surface area contributed by atoms with Gasteiger partial charge in [0.15, 0.2) is 5.82 Å². The number of nitrogens with zero attached hydrogens (tertiary/aromatic N) is 3. The van der Waals surface area contributed by atoms with Crippen LogP contribution in [-0.2, 0) is 4.79 Å². The van der Waals surface area contributed by atoms with Gasteiger partial charge >= 0.3 is 0 Å². The fourth-order valence-corrected chi connectivity index (χ4v) is 3.63. The van der Waals surface area contributed by atoms with Gasteiger partial charge in [0.2, 0.25) is 5.91 Å². The fraction of sp³-hybridized carbons (Fsp3) is 0.550. The van der Waals surface area contributed by atoms with Crippen LogP contribution in [0, 0.1) is 18.8 Å². The van der Waals surface area contributed by atoms with Gasteiger partial charge in [-0.05, 0) is 50.7 Å². The van der Waals surface area contributed by atoms with E-state index in [1.54, 1.807) is 7.11 Å². The molecule has 138 valence electrons. The molecule has 1 aromatic heterocycles. The number of carbonyl (C=O) groups is 1. The number of anilines is 1. The third kappa shape index (κ3) is 3.59. The summed E-state index contributed by atoms with van der Waals surface area (Å²) in [7, 11) is 1.65. The smallest absolute Gasteiger partial charge is 0.224 e. The second-order valence-electron chi connectivity index (χ2n) is 7.46. The van der Waals surface area contributed by atoms with Crippen LogP contribution in [0.4, 0.5) is 5.82 Å². The molecule has 0 radical (unpaired) electrons. The average Bonchev–Trinajstić information content (AvgIpc) is 3.49. The maximum absolute atomic E-state index is 12.5. The number of ether oxygens (including phenoxy) is 1. The van der Waals surface area contributed by atoms with Gasteiger partial charge in [-0.15, -0.1) is 0 Å². The molecule has 1 amide bonds. The quantitative estimate of drug-likeness (QED) is 0.894. The number of aryl methyl sites for hydroxylation is 1. The number of hydrogen-bond acceptors (Lipinski definition) is 5. The summed E-state index contributed by atoms with van der Waals surface area (Å²) in [6, 6.07) is 5.75. The molecule has 0 spiro atoms. The predicted octanol–water partition coefficient (Wildman–Crippen LogP) is 2.69. The monoisotopic (exact) mass is 354 g/mol. The van der Waals surface area contributed by atoms with Crippen molar-refractivity contribution in [3.05, 3.63) is 23.9 Å². The summed E-state index contributed by atoms with van der Waals surface area (Å²) in [5.41, 5.74) is 2.58. The van der Waals surface area contributed by atoms with Gasteiger partial charge in [-0.2, -0.15) is 0 Å². The molecule has 0 bridgehead atoms. The van der Waals surface area contributed by atoms with Gasteiger partial charge in [0.05, 0.1) is 29.8 Å². The summed E-state index contributed by atoms with van der Waals surface area (Å²) in [6.07, 6.45) is 4.47. The minimum atomic E-state index is 0.0373. The Morgan fingerprint density at radius 1 is 1.27 bits per heavy atom. The van der Waals surface area contributed by atoms with E-state index >= 15 is 0 Å². The van der Waals surface area contributed by atoms with E-state index < -0.39 is 0 Å². The van der Waals surface area contributed by atoms with Crippen LogP contribution in [-0.4, -0.2) is 42.6 Å². The van der Waals surface area contributed by atoms with Gasteiger partial charge in [0, 0.05) is 25.7 Å². The van der Waals surface area contributed by atoms with Gasteiger partial charge < -0.3 is 15.0 Å². The molecule has 4 rings (SSSR count). The molecule has 1 unspecified atom stereocenters. The molecule has 26 heavy (non-hydrogen) atoms. The molecule has 1 saturated carbocycles. The first-order valence-electron chi connectivity index (χ1n) is 9.49. The van der Waals surface area contributed by atoms with Crippen LogP contribution in [0.25, 0.3) is 11.0 Å². The number of hydrogen-bond donors (Lipinski definition) is 1. The van der Waals surface area contributed by atoms with E-state index in [0.29, 0.717) is 12.5 Å². The first-order valence-corrected chi connectivity index (χ1v) is 9.49. The Morgan fingerprint density at radius 3 is 2.88 bits per heavy atom. The van der Waals surface area contributed by atoms with E-state index in [1.807, 2.05) is 25.1 Å². The number of rotatable bonds is 5. The van der Waals surface area contributed by atoms with Crippen LogP contribution in [0.1, 0.15) is 31.4 Å². The van der Waals surface area contributed by atoms with Crippen molar-refractivity contribution in [2.75, 3.05) is 31.6 Å². The highest BCUT2D eigenvalue weighted by molar-refractivity contribution is 5.80. The van der Waals surface area contributed by atoms with Crippen molar-refractivity contribution in [3.8, 4) is 5.75 Å². The number of piperidine rings is 1. The summed E-state index contributed by atoms with van der Waals surface area (Å²) in [4.78, 5) is 24.2. The van der Waals surface area contributed by atoms with E-state index in [2.05, 4.69) is 10.2 Å². The summed E-state index contributed by atoms with van der Waals surface area (Å²) in [5.74, 6) is 2.61. The molecule has 1 saturated heterocycles. The molecule has 6 heteroatoms. The largest absolute Gasteiger partial charge is 0.497 e. The van der Waals surface area contributed by atoms with Crippen molar-refractivity contribution in [1.82, 2.24) is 15.3 Å². The van der Waals surface area contributed by atoms with Crippen LogP contribution in [0.2, 0.25) is 0 Å². The van der Waals surface area contributed by atoms with Crippen molar-refractivity contribution in [1.29, 1.82) is 0 Å². The second-order valence-corrected chi connectivity index (χ2v) is 7.46. The maximum atomic E-state index is 12.5. The van der Waals surface area contributed by atoms with Crippen molar-refractivity contribution < 1.29 is 9.53 Å². The van der Waals surface area contributed by atoms with Crippen LogP contribution in [0.15, 0.2) is 18.2 Å². The number of aromatic nitrogens is 2. The van der Waals surface area contributed by atoms with E-state index in [4.69, 9.17) is 14.7 Å². The van der Waals surface area contributed by atoms with E-state index in [1.165, 1.54) is 12.8 Å². The lowest BCUT2D eigenvalue weighted by atomic mass is 9.97. The third-order valence-corrected chi connectivity index (χ3v) is 5.37. The lowest BCUT2D eigenvalue weighted by Crippen LogP contribution is -2.44. The molecule has 2 aromatic rings. The zero-order chi connectivity index (χ0) is 18.1. The number of nitrogens with one attached hydrogen (secondary N) is 1. The molecular formula is C20H26N4O2. The number of benzene rings is 1. The molecule has 2 heterocycles. The highest BCUT2D eigenvalue weighted by atomic mass is 16.5. The lowest BCUT2D eigenvalue weighted by Gasteiger charge is -2.33. The number of methoxy groups -OCH3 is 1. The van der Waals surface area contributed by atoms with Crippen molar-refractivity contribution in [2.45, 2.75) is 32.6 Å². The molecule has 1 aromatic carbocycles. The van der Waals surface area contributed by atoms with Crippen molar-refractivity contribution in [2.24, 2.45) is 11.8 Å². The normalized spacial score (nSPS) is 20.2. The van der Waals surface area contributed by atoms with E-state index in [-0.39, 0.29) is 11.8 Å². The van der Waals surface area contributed by atoms with Crippen molar-refractivity contribution >= 4 is 22.8 Å². The standard InChI is InChI=1S/C20H26N4O2/c1-13-19(23-17-8-7-16(26-2)10-18(17)22-13)24-9-3-4-15(12-24)20(25)21-11-14-5-6-14/h7-8,10,14-15H,3-6,9,11-12H2,1-2H3,(H,21,25). The minimum Gasteiger partial charge on any atom is -0.497 e. The third-order valence-electron chi connectivity index (χ3n) is 5.37. The Morgan fingerprint density at radius 2 is 2.12 bits per heavy atom. The van der Waals surface area contributed by atoms with E-state index in [9.17, 15) is 4.79 Å². The van der Waals surface area contributed by atoms with E-state index in [0.717, 1.165) is 54.2 Å². The zero-order valence-electron chi connectivity index (χ0n) is 15.5. The predicted molar refractivity (Wildman–Crippen MR) is 101 cm³/mol. The Kier molecular flexibility index (Phi) is 4.66. The Hall–Kier alpha value is -2.37. The second kappa shape index (κ2) is 7.09. The summed E-state index contributed by atoms with van der Waals surface area (Å²) in [6.45, 7) is 4.46. The highest BCUT2D eigenvalue weighted by Gasteiger charge is 2.29. The van der Waals surface area contributed by atoms with Gasteiger partial charge in [-0.1, -0.05) is 0 Å². The van der Waals surface area contributed by atoms with Crippen LogP contribution < -0.4 is 15.0 Å². The topological polar surface area (TPSA) is 67.3 Å².